The number of nitrogens with one attached hydrogen (secondary N) is 1. The zero-order valence-corrected chi connectivity index (χ0v) is 4.74. The summed E-state index contributed by atoms with van der Waals surface area (Å²) in [5.41, 5.74) is 1.98. The van der Waals surface area contributed by atoms with Crippen molar-refractivity contribution in [1.82, 2.24) is 5.43 Å². The number of nitrogens with two attached hydrogens (primary N) is 1. The van der Waals surface area contributed by atoms with Gasteiger partial charge in [0, 0.05) is 6.42 Å². The van der Waals surface area contributed by atoms with Gasteiger partial charge in [-0.1, -0.05) is 0 Å². The average Bonchev–Trinajstić information content (AvgIpc) is 1.68. The lowest BCUT2D eigenvalue weighted by Crippen LogP contribution is -2.29. The Kier molecular flexibility index (Phi) is 3.83. The van der Waals surface area contributed by atoms with E-state index in [2.05, 4.69) is 12.6 Å². The van der Waals surface area contributed by atoms with Gasteiger partial charge in [-0.3, -0.25) is 10.2 Å². The maximum Gasteiger partial charge on any atom is 0.234 e. The second kappa shape index (κ2) is 3.95. The minimum atomic E-state index is -0.171. The van der Waals surface area contributed by atoms with Crippen LogP contribution in [0.3, 0.4) is 0 Å². The molecule has 0 fully saturated rings. The molecule has 0 saturated heterocycles. The van der Waals surface area contributed by atoms with Crippen molar-refractivity contribution in [3.63, 3.8) is 0 Å². The van der Waals surface area contributed by atoms with Crippen LogP contribution in [0, 0.1) is 0 Å². The number of hydrazine groups is 1. The molecule has 0 unspecified atom stereocenters. The van der Waals surface area contributed by atoms with Gasteiger partial charge in [-0.2, -0.15) is 12.6 Å². The van der Waals surface area contributed by atoms with Crippen LogP contribution >= 0.6 is 12.6 Å². The van der Waals surface area contributed by atoms with E-state index in [-0.39, 0.29) is 5.91 Å². The lowest BCUT2D eigenvalue weighted by molar-refractivity contribution is -0.120. The third-order valence-electron chi connectivity index (χ3n) is 0.500. The van der Waals surface area contributed by atoms with Crippen molar-refractivity contribution < 1.29 is 4.79 Å². The van der Waals surface area contributed by atoms with E-state index in [0.717, 1.165) is 0 Å². The first-order valence-corrected chi connectivity index (χ1v) is 2.55. The Labute approximate surface area is 47.6 Å². The number of amides is 1. The minimum Gasteiger partial charge on any atom is -0.294 e. The van der Waals surface area contributed by atoms with Crippen LogP contribution in [0.25, 0.3) is 0 Å². The van der Waals surface area contributed by atoms with Crippen LogP contribution in [0.2, 0.25) is 0 Å². The molecule has 3 nitrogen and oxygen atoms in total. The molecule has 4 heteroatoms. The summed E-state index contributed by atoms with van der Waals surface area (Å²) in [5.74, 6) is 5.10. The Morgan fingerprint density at radius 1 is 1.86 bits per heavy atom. The van der Waals surface area contributed by atoms with Crippen molar-refractivity contribution >= 4 is 18.5 Å². The predicted molar refractivity (Wildman–Crippen MR) is 30.8 cm³/mol. The Morgan fingerprint density at radius 2 is 2.43 bits per heavy atom. The van der Waals surface area contributed by atoms with Crippen molar-refractivity contribution in [3.8, 4) is 0 Å². The molecule has 0 aliphatic heterocycles. The number of carbonyl (C=O) groups is 1. The van der Waals surface area contributed by atoms with E-state index in [1.54, 1.807) is 0 Å². The van der Waals surface area contributed by atoms with Crippen LogP contribution in [-0.2, 0) is 4.79 Å². The third-order valence-corrected chi connectivity index (χ3v) is 0.723. The molecule has 0 aromatic heterocycles. The van der Waals surface area contributed by atoms with Crippen molar-refractivity contribution in [1.29, 1.82) is 0 Å². The Morgan fingerprint density at radius 3 is 2.57 bits per heavy atom. The van der Waals surface area contributed by atoms with E-state index in [4.69, 9.17) is 5.84 Å². The van der Waals surface area contributed by atoms with Gasteiger partial charge >= 0.3 is 0 Å². The molecule has 0 saturated carbocycles. The van der Waals surface area contributed by atoms with Crippen LogP contribution in [-0.4, -0.2) is 11.7 Å². The number of carbonyl (C=O) groups excluding carboxylic acids is 1. The van der Waals surface area contributed by atoms with Crippen molar-refractivity contribution in [3.05, 3.63) is 0 Å². The monoisotopic (exact) mass is 120 g/mol. The molecule has 0 heterocycles. The van der Waals surface area contributed by atoms with E-state index in [0.29, 0.717) is 12.2 Å². The van der Waals surface area contributed by atoms with Crippen molar-refractivity contribution in [2.45, 2.75) is 6.42 Å². The van der Waals surface area contributed by atoms with Gasteiger partial charge < -0.3 is 0 Å². The smallest absolute Gasteiger partial charge is 0.234 e. The summed E-state index contributed by atoms with van der Waals surface area (Å²) in [5, 5.41) is 0. The average molecular weight is 120 g/mol. The lowest BCUT2D eigenvalue weighted by Gasteiger charge is -1.90. The first-order chi connectivity index (χ1) is 3.31. The van der Waals surface area contributed by atoms with Gasteiger partial charge in [0.05, 0.1) is 0 Å². The van der Waals surface area contributed by atoms with Crippen molar-refractivity contribution in [2.24, 2.45) is 5.84 Å². The highest BCUT2D eigenvalue weighted by Gasteiger charge is 1.90. The Balaban J connectivity index is 3.00. The molecule has 42 valence electrons. The van der Waals surface area contributed by atoms with Crippen LogP contribution in [0.5, 0.6) is 0 Å². The van der Waals surface area contributed by atoms with Crippen LogP contribution in [0.1, 0.15) is 6.42 Å². The summed E-state index contributed by atoms with van der Waals surface area (Å²) in [4.78, 5) is 10.1. The fourth-order valence-corrected chi connectivity index (χ4v) is 0.377. The Hall–Kier alpha value is -0.220. The molecule has 0 rings (SSSR count). The van der Waals surface area contributed by atoms with E-state index in [1.807, 2.05) is 5.43 Å². The molecule has 0 aromatic carbocycles. The van der Waals surface area contributed by atoms with Gasteiger partial charge in [-0.25, -0.2) is 5.84 Å². The van der Waals surface area contributed by atoms with Gasteiger partial charge in [-0.15, -0.1) is 0 Å². The summed E-state index contributed by atoms with van der Waals surface area (Å²) in [6.45, 7) is 0. The zero-order valence-electron chi connectivity index (χ0n) is 3.85. The molecule has 0 aliphatic rings. The first kappa shape index (κ1) is 6.78. The second-order valence-corrected chi connectivity index (χ2v) is 1.49. The van der Waals surface area contributed by atoms with Gasteiger partial charge in [0.25, 0.3) is 0 Å². The topological polar surface area (TPSA) is 55.1 Å². The zero-order chi connectivity index (χ0) is 5.70. The van der Waals surface area contributed by atoms with Crippen molar-refractivity contribution in [2.75, 3.05) is 5.75 Å². The molecule has 0 aliphatic carbocycles. The molecule has 0 aromatic rings. The summed E-state index contributed by atoms with van der Waals surface area (Å²) >= 11 is 3.80. The largest absolute Gasteiger partial charge is 0.294 e. The summed E-state index contributed by atoms with van der Waals surface area (Å²) in [6.07, 6.45) is 0.389. The molecule has 7 heavy (non-hydrogen) atoms. The summed E-state index contributed by atoms with van der Waals surface area (Å²) in [7, 11) is 0. The number of rotatable bonds is 2. The first-order valence-electron chi connectivity index (χ1n) is 1.91. The highest BCUT2D eigenvalue weighted by molar-refractivity contribution is 7.80. The van der Waals surface area contributed by atoms with Crippen LogP contribution < -0.4 is 11.3 Å². The minimum absolute atomic E-state index is 0.171. The number of thiol groups is 1. The molecule has 3 N–H and O–H groups in total. The molecule has 0 spiro atoms. The second-order valence-electron chi connectivity index (χ2n) is 1.04. The van der Waals surface area contributed by atoms with Crippen LogP contribution in [0.4, 0.5) is 0 Å². The highest BCUT2D eigenvalue weighted by Crippen LogP contribution is 1.79. The fraction of sp³-hybridized carbons (Fsp3) is 0.667. The molecule has 1 amide bonds. The third kappa shape index (κ3) is 3.61. The molecular formula is C3H8N2OS. The predicted octanol–water partition coefficient (Wildman–Crippen LogP) is -0.704. The van der Waals surface area contributed by atoms with Gasteiger partial charge in [0.2, 0.25) is 5.91 Å². The molecular weight excluding hydrogens is 112 g/mol. The van der Waals surface area contributed by atoms with E-state index in [9.17, 15) is 4.79 Å². The quantitative estimate of drug-likeness (QED) is 0.195. The summed E-state index contributed by atoms with van der Waals surface area (Å²) < 4.78 is 0. The van der Waals surface area contributed by atoms with Gasteiger partial charge in [-0.05, 0) is 5.75 Å². The SMILES string of the molecule is NNC(=O)CCS. The fourth-order valence-electron chi connectivity index (χ4n) is 0.174. The lowest BCUT2D eigenvalue weighted by atomic mass is 10.5. The highest BCUT2D eigenvalue weighted by atomic mass is 32.1. The van der Waals surface area contributed by atoms with E-state index >= 15 is 0 Å². The van der Waals surface area contributed by atoms with Gasteiger partial charge in [0.1, 0.15) is 0 Å². The van der Waals surface area contributed by atoms with Gasteiger partial charge in [0.15, 0.2) is 0 Å². The number of hydrogen-bond acceptors (Lipinski definition) is 3. The maximum absolute atomic E-state index is 10.1. The molecule has 0 atom stereocenters. The molecule has 0 bridgehead atoms. The Bertz CT molecular complexity index is 66.0. The van der Waals surface area contributed by atoms with Crippen LogP contribution in [0.15, 0.2) is 0 Å². The summed E-state index contributed by atoms with van der Waals surface area (Å²) in [6, 6.07) is 0. The number of hydrogen-bond donors (Lipinski definition) is 3. The standard InChI is InChI=1S/C3H8N2OS/c4-5-3(6)1-2-7/h7H,1-2,4H2,(H,5,6). The maximum atomic E-state index is 10.1. The normalized spacial score (nSPS) is 8.29. The van der Waals surface area contributed by atoms with E-state index in [1.165, 1.54) is 0 Å². The van der Waals surface area contributed by atoms with E-state index < -0.39 is 0 Å². The molecule has 0 radical (unpaired) electrons.